The lowest BCUT2D eigenvalue weighted by Gasteiger charge is -2.24. The topological polar surface area (TPSA) is 77.8 Å². The Balaban J connectivity index is 1.59. The number of carbonyl (C=O) groups is 1. The van der Waals surface area contributed by atoms with E-state index in [0.717, 1.165) is 42.4 Å². The van der Waals surface area contributed by atoms with Crippen LogP contribution in [0, 0.1) is 5.92 Å². The first kappa shape index (κ1) is 19.4. The molecule has 1 aromatic carbocycles. The van der Waals surface area contributed by atoms with Gasteiger partial charge in [-0.15, -0.1) is 11.6 Å². The van der Waals surface area contributed by atoms with E-state index in [1.165, 1.54) is 0 Å². The highest BCUT2D eigenvalue weighted by Gasteiger charge is 2.44. The summed E-state index contributed by atoms with van der Waals surface area (Å²) in [7, 11) is 0. The van der Waals surface area contributed by atoms with Gasteiger partial charge in [-0.1, -0.05) is 30.4 Å². The number of aliphatic carboxylic acids is 1. The summed E-state index contributed by atoms with van der Waals surface area (Å²) in [5.74, 6) is -0.557. The second-order valence-corrected chi connectivity index (χ2v) is 8.24. The SMILES string of the molecule is O=C(O)CCC/C=C\C[C@@H]1C[C@](O)(c2ccc3c(c2)CCC3O)C[C@@H]1Cl. The minimum Gasteiger partial charge on any atom is -0.481 e. The van der Waals surface area contributed by atoms with Gasteiger partial charge in [0, 0.05) is 11.8 Å². The number of carboxylic acids is 1. The van der Waals surface area contributed by atoms with Crippen LogP contribution in [-0.2, 0) is 16.8 Å². The number of benzene rings is 1. The normalized spacial score (nSPS) is 30.8. The molecule has 26 heavy (non-hydrogen) atoms. The van der Waals surface area contributed by atoms with E-state index >= 15 is 0 Å². The summed E-state index contributed by atoms with van der Waals surface area (Å²) >= 11 is 6.52. The Morgan fingerprint density at radius 1 is 1.31 bits per heavy atom. The molecular weight excluding hydrogens is 352 g/mol. The number of halogens is 1. The minimum absolute atomic E-state index is 0.0810. The number of alkyl halides is 1. The number of hydrogen-bond acceptors (Lipinski definition) is 3. The van der Waals surface area contributed by atoms with E-state index < -0.39 is 11.6 Å². The van der Waals surface area contributed by atoms with Crippen LogP contribution < -0.4 is 0 Å². The molecule has 0 heterocycles. The molecule has 4 nitrogen and oxygen atoms in total. The summed E-state index contributed by atoms with van der Waals surface area (Å²) in [4.78, 5) is 10.5. The van der Waals surface area contributed by atoms with Crippen molar-refractivity contribution in [2.75, 3.05) is 0 Å². The molecule has 2 aliphatic rings. The Hall–Kier alpha value is -1.36. The molecule has 0 aromatic heterocycles. The lowest BCUT2D eigenvalue weighted by atomic mass is 9.88. The molecule has 142 valence electrons. The van der Waals surface area contributed by atoms with Crippen LogP contribution in [0.25, 0.3) is 0 Å². The van der Waals surface area contributed by atoms with Crippen molar-refractivity contribution < 1.29 is 20.1 Å². The van der Waals surface area contributed by atoms with Crippen LogP contribution in [0.15, 0.2) is 30.4 Å². The van der Waals surface area contributed by atoms with Crippen LogP contribution in [0.2, 0.25) is 0 Å². The van der Waals surface area contributed by atoms with Crippen molar-refractivity contribution in [3.8, 4) is 0 Å². The predicted molar refractivity (Wildman–Crippen MR) is 101 cm³/mol. The Bertz CT molecular complexity index is 687. The van der Waals surface area contributed by atoms with Crippen LogP contribution in [0.5, 0.6) is 0 Å². The zero-order valence-electron chi connectivity index (χ0n) is 14.9. The standard InChI is InChI=1S/C21H27ClO4/c22-18-13-21(26,12-15(18)5-3-1-2-4-6-20(24)25)16-8-9-17-14(11-16)7-10-19(17)23/h1,3,8-9,11,15,18-19,23,26H,2,4-7,10,12-13H2,(H,24,25)/b3-1-/t15-,18+,19?,21-/m1/s1. The number of aliphatic hydroxyl groups is 2. The second kappa shape index (κ2) is 8.12. The molecule has 1 saturated carbocycles. The van der Waals surface area contributed by atoms with E-state index in [1.54, 1.807) is 0 Å². The van der Waals surface area contributed by atoms with Crippen LogP contribution in [0.3, 0.4) is 0 Å². The lowest BCUT2D eigenvalue weighted by molar-refractivity contribution is -0.137. The summed E-state index contributed by atoms with van der Waals surface area (Å²) in [6.07, 6.45) is 8.86. The maximum absolute atomic E-state index is 11.2. The second-order valence-electron chi connectivity index (χ2n) is 7.68. The first-order valence-corrected chi connectivity index (χ1v) is 9.87. The van der Waals surface area contributed by atoms with E-state index in [1.807, 2.05) is 24.3 Å². The van der Waals surface area contributed by atoms with E-state index in [4.69, 9.17) is 16.7 Å². The van der Waals surface area contributed by atoms with Gasteiger partial charge in [-0.3, -0.25) is 4.79 Å². The van der Waals surface area contributed by atoms with Gasteiger partial charge in [-0.25, -0.2) is 0 Å². The summed E-state index contributed by atoms with van der Waals surface area (Å²) in [5, 5.41) is 29.7. The highest BCUT2D eigenvalue weighted by molar-refractivity contribution is 6.21. The minimum atomic E-state index is -0.906. The number of allylic oxidation sites excluding steroid dienone is 2. The lowest BCUT2D eigenvalue weighted by Crippen LogP contribution is -2.22. The van der Waals surface area contributed by atoms with Gasteiger partial charge in [0.05, 0.1) is 11.7 Å². The molecule has 4 atom stereocenters. The van der Waals surface area contributed by atoms with Crippen molar-refractivity contribution >= 4 is 17.6 Å². The average Bonchev–Trinajstić information content (AvgIpc) is 3.11. The van der Waals surface area contributed by atoms with Crippen molar-refractivity contribution in [1.29, 1.82) is 0 Å². The Morgan fingerprint density at radius 3 is 2.88 bits per heavy atom. The number of unbranched alkanes of at least 4 members (excludes halogenated alkanes) is 1. The van der Waals surface area contributed by atoms with Crippen LogP contribution in [-0.4, -0.2) is 26.7 Å². The van der Waals surface area contributed by atoms with Gasteiger partial charge in [0.1, 0.15) is 0 Å². The molecule has 2 aliphatic carbocycles. The number of hydrogen-bond donors (Lipinski definition) is 3. The Morgan fingerprint density at radius 2 is 2.12 bits per heavy atom. The fourth-order valence-corrected chi connectivity index (χ4v) is 4.69. The van der Waals surface area contributed by atoms with Gasteiger partial charge in [-0.05, 0) is 67.6 Å². The van der Waals surface area contributed by atoms with Gasteiger partial charge in [0.15, 0.2) is 0 Å². The van der Waals surface area contributed by atoms with E-state index in [2.05, 4.69) is 6.08 Å². The summed E-state index contributed by atoms with van der Waals surface area (Å²) in [5.41, 5.74) is 2.12. The smallest absolute Gasteiger partial charge is 0.303 e. The van der Waals surface area contributed by atoms with Crippen LogP contribution >= 0.6 is 11.6 Å². The number of aryl methyl sites for hydroxylation is 1. The number of aliphatic hydroxyl groups excluding tert-OH is 1. The first-order valence-electron chi connectivity index (χ1n) is 9.43. The molecule has 0 amide bonds. The zero-order valence-corrected chi connectivity index (χ0v) is 15.7. The molecule has 3 rings (SSSR count). The summed E-state index contributed by atoms with van der Waals surface area (Å²) < 4.78 is 0. The molecule has 0 radical (unpaired) electrons. The largest absolute Gasteiger partial charge is 0.481 e. The third kappa shape index (κ3) is 4.30. The van der Waals surface area contributed by atoms with Gasteiger partial charge >= 0.3 is 5.97 Å². The summed E-state index contributed by atoms with van der Waals surface area (Å²) in [6, 6.07) is 5.92. The first-order chi connectivity index (χ1) is 12.4. The van der Waals surface area contributed by atoms with Crippen molar-refractivity contribution in [2.24, 2.45) is 5.92 Å². The molecule has 1 aromatic rings. The molecular formula is C21H27ClO4. The monoisotopic (exact) mass is 378 g/mol. The van der Waals surface area contributed by atoms with Crippen molar-refractivity contribution in [3.63, 3.8) is 0 Å². The Labute approximate surface area is 159 Å². The highest BCUT2D eigenvalue weighted by Crippen LogP contribution is 2.47. The van der Waals surface area contributed by atoms with Gasteiger partial charge in [0.2, 0.25) is 0 Å². The molecule has 1 fully saturated rings. The molecule has 0 saturated heterocycles. The Kier molecular flexibility index (Phi) is 6.06. The van der Waals surface area contributed by atoms with E-state index in [-0.39, 0.29) is 23.8 Å². The van der Waals surface area contributed by atoms with Crippen LogP contribution in [0.1, 0.15) is 67.7 Å². The maximum atomic E-state index is 11.2. The number of rotatable bonds is 7. The van der Waals surface area contributed by atoms with Gasteiger partial charge in [0.25, 0.3) is 0 Å². The predicted octanol–water partition coefficient (Wildman–Crippen LogP) is 4.07. The van der Waals surface area contributed by atoms with Crippen molar-refractivity contribution in [3.05, 3.63) is 47.0 Å². The van der Waals surface area contributed by atoms with Gasteiger partial charge < -0.3 is 15.3 Å². The third-order valence-electron chi connectivity index (χ3n) is 5.74. The molecule has 5 heteroatoms. The summed E-state index contributed by atoms with van der Waals surface area (Å²) in [6.45, 7) is 0. The number of carboxylic acid groups (broad SMARTS) is 1. The number of fused-ring (bicyclic) bond motifs is 1. The third-order valence-corrected chi connectivity index (χ3v) is 6.25. The molecule has 1 unspecified atom stereocenters. The van der Waals surface area contributed by atoms with Crippen molar-refractivity contribution in [2.45, 2.75) is 68.4 Å². The average molecular weight is 379 g/mol. The fourth-order valence-electron chi connectivity index (χ4n) is 4.25. The van der Waals surface area contributed by atoms with E-state index in [9.17, 15) is 15.0 Å². The zero-order chi connectivity index (χ0) is 18.7. The molecule has 0 bridgehead atoms. The van der Waals surface area contributed by atoms with Gasteiger partial charge in [-0.2, -0.15) is 0 Å². The molecule has 0 spiro atoms. The highest BCUT2D eigenvalue weighted by atomic mass is 35.5. The molecule has 3 N–H and O–H groups in total. The quantitative estimate of drug-likeness (QED) is 0.379. The maximum Gasteiger partial charge on any atom is 0.303 e. The van der Waals surface area contributed by atoms with E-state index in [0.29, 0.717) is 19.3 Å². The fraction of sp³-hybridized carbons (Fsp3) is 0.571. The van der Waals surface area contributed by atoms with Crippen LogP contribution in [0.4, 0.5) is 0 Å². The molecule has 0 aliphatic heterocycles. The van der Waals surface area contributed by atoms with Crippen molar-refractivity contribution in [1.82, 2.24) is 0 Å².